The van der Waals surface area contributed by atoms with Crippen molar-refractivity contribution in [1.29, 1.82) is 0 Å². The van der Waals surface area contributed by atoms with E-state index in [2.05, 4.69) is 49.7 Å². The number of nitrogens with one attached hydrogen (secondary N) is 1. The Morgan fingerprint density at radius 2 is 1.94 bits per heavy atom. The maximum Gasteiger partial charge on any atom is 0.210 e. The van der Waals surface area contributed by atoms with E-state index in [-0.39, 0.29) is 12.4 Å². The second-order valence-corrected chi connectivity index (χ2v) is 7.67. The van der Waals surface area contributed by atoms with Crippen molar-refractivity contribution in [1.82, 2.24) is 24.5 Å². The molecule has 2 aromatic carbocycles. The minimum atomic E-state index is -0.296. The maximum atomic E-state index is 14.4. The molecule has 0 saturated heterocycles. The highest BCUT2D eigenvalue weighted by atomic mass is 19.1. The van der Waals surface area contributed by atoms with E-state index in [1.54, 1.807) is 35.3 Å². The Morgan fingerprint density at radius 3 is 2.74 bits per heavy atom. The summed E-state index contributed by atoms with van der Waals surface area (Å²) >= 11 is 0. The van der Waals surface area contributed by atoms with Gasteiger partial charge >= 0.3 is 0 Å². The molecular formula is C23H21FN6O. The number of hydrogen-bond acceptors (Lipinski definition) is 6. The number of rotatable bonds is 6. The predicted octanol–water partition coefficient (Wildman–Crippen LogP) is 4.35. The SMILES string of the molecule is CN(C)Cc1ccc(-c2cnc(NCc3c(F)ccc4occc34)n3cnnc23)cc1. The van der Waals surface area contributed by atoms with Crippen molar-refractivity contribution in [3.8, 4) is 11.1 Å². The average Bonchev–Trinajstić information content (AvgIpc) is 3.43. The van der Waals surface area contributed by atoms with E-state index in [1.165, 1.54) is 11.6 Å². The van der Waals surface area contributed by atoms with Gasteiger partial charge in [0.1, 0.15) is 17.7 Å². The molecule has 3 aromatic heterocycles. The van der Waals surface area contributed by atoms with Gasteiger partial charge < -0.3 is 14.6 Å². The molecule has 0 radical (unpaired) electrons. The predicted molar refractivity (Wildman–Crippen MR) is 117 cm³/mol. The van der Waals surface area contributed by atoms with E-state index in [9.17, 15) is 4.39 Å². The number of halogens is 1. The van der Waals surface area contributed by atoms with Gasteiger partial charge in [0.25, 0.3) is 0 Å². The Labute approximate surface area is 178 Å². The number of benzene rings is 2. The Morgan fingerprint density at radius 1 is 1.10 bits per heavy atom. The Kier molecular flexibility index (Phi) is 4.83. The van der Waals surface area contributed by atoms with E-state index < -0.39 is 0 Å². The van der Waals surface area contributed by atoms with Gasteiger partial charge in [0.15, 0.2) is 5.65 Å². The normalized spacial score (nSPS) is 11.6. The lowest BCUT2D eigenvalue weighted by Gasteiger charge is -2.12. The molecule has 0 amide bonds. The highest BCUT2D eigenvalue weighted by Crippen LogP contribution is 2.27. The summed E-state index contributed by atoms with van der Waals surface area (Å²) < 4.78 is 21.6. The summed E-state index contributed by atoms with van der Waals surface area (Å²) in [6.07, 6.45) is 4.92. The van der Waals surface area contributed by atoms with Crippen LogP contribution in [0.25, 0.3) is 27.7 Å². The van der Waals surface area contributed by atoms with Gasteiger partial charge in [0.05, 0.1) is 6.26 Å². The van der Waals surface area contributed by atoms with Gasteiger partial charge in [-0.15, -0.1) is 10.2 Å². The minimum absolute atomic E-state index is 0.252. The van der Waals surface area contributed by atoms with Crippen molar-refractivity contribution in [2.24, 2.45) is 0 Å². The van der Waals surface area contributed by atoms with Crippen LogP contribution in [0.4, 0.5) is 10.3 Å². The Bertz CT molecular complexity index is 1360. The highest BCUT2D eigenvalue weighted by molar-refractivity contribution is 5.81. The fourth-order valence-corrected chi connectivity index (χ4v) is 3.73. The summed E-state index contributed by atoms with van der Waals surface area (Å²) in [4.78, 5) is 6.68. The second-order valence-electron chi connectivity index (χ2n) is 7.67. The molecule has 0 unspecified atom stereocenters. The van der Waals surface area contributed by atoms with Crippen LogP contribution in [-0.2, 0) is 13.1 Å². The zero-order valence-corrected chi connectivity index (χ0v) is 17.2. The van der Waals surface area contributed by atoms with Crippen molar-refractivity contribution in [2.75, 3.05) is 19.4 Å². The highest BCUT2D eigenvalue weighted by Gasteiger charge is 2.14. The van der Waals surface area contributed by atoms with Gasteiger partial charge in [-0.05, 0) is 43.4 Å². The summed E-state index contributed by atoms with van der Waals surface area (Å²) in [5, 5.41) is 12.3. The van der Waals surface area contributed by atoms with Crippen LogP contribution in [-0.4, -0.2) is 38.6 Å². The molecule has 0 aliphatic carbocycles. The zero-order chi connectivity index (χ0) is 21.4. The first-order valence-electron chi connectivity index (χ1n) is 9.91. The summed E-state index contributed by atoms with van der Waals surface area (Å²) in [6, 6.07) is 13.1. The lowest BCUT2D eigenvalue weighted by atomic mass is 10.1. The smallest absolute Gasteiger partial charge is 0.210 e. The van der Waals surface area contributed by atoms with Crippen LogP contribution >= 0.6 is 0 Å². The van der Waals surface area contributed by atoms with Crippen LogP contribution in [0.15, 0.2) is 65.7 Å². The largest absolute Gasteiger partial charge is 0.464 e. The van der Waals surface area contributed by atoms with Crippen LogP contribution in [0.2, 0.25) is 0 Å². The molecule has 0 spiro atoms. The first-order chi connectivity index (χ1) is 15.1. The molecule has 156 valence electrons. The van der Waals surface area contributed by atoms with Gasteiger partial charge in [0.2, 0.25) is 5.95 Å². The van der Waals surface area contributed by atoms with E-state index in [0.717, 1.165) is 23.1 Å². The molecule has 0 aliphatic rings. The lowest BCUT2D eigenvalue weighted by molar-refractivity contribution is 0.402. The summed E-state index contributed by atoms with van der Waals surface area (Å²) in [5.41, 5.74) is 4.97. The molecule has 0 fully saturated rings. The van der Waals surface area contributed by atoms with Gasteiger partial charge in [0, 0.05) is 35.8 Å². The molecule has 7 nitrogen and oxygen atoms in total. The first kappa shape index (κ1) is 19.2. The quantitative estimate of drug-likeness (QED) is 0.444. The van der Waals surface area contributed by atoms with Crippen LogP contribution in [0.3, 0.4) is 0 Å². The summed E-state index contributed by atoms with van der Waals surface area (Å²) in [7, 11) is 4.09. The molecule has 0 bridgehead atoms. The van der Waals surface area contributed by atoms with Gasteiger partial charge in [-0.1, -0.05) is 24.3 Å². The van der Waals surface area contributed by atoms with Gasteiger partial charge in [-0.2, -0.15) is 0 Å². The fourth-order valence-electron chi connectivity index (χ4n) is 3.73. The van der Waals surface area contributed by atoms with Gasteiger partial charge in [-0.25, -0.2) is 9.37 Å². The third-order valence-electron chi connectivity index (χ3n) is 5.21. The number of nitrogens with zero attached hydrogens (tertiary/aromatic N) is 5. The number of furan rings is 1. The second kappa shape index (κ2) is 7.81. The molecule has 5 rings (SSSR count). The molecule has 0 saturated carbocycles. The van der Waals surface area contributed by atoms with E-state index in [4.69, 9.17) is 4.42 Å². The van der Waals surface area contributed by atoms with Crippen molar-refractivity contribution in [3.63, 3.8) is 0 Å². The molecule has 1 N–H and O–H groups in total. The maximum absolute atomic E-state index is 14.4. The van der Waals surface area contributed by atoms with Crippen molar-refractivity contribution >= 4 is 22.6 Å². The average molecular weight is 416 g/mol. The van der Waals surface area contributed by atoms with Crippen LogP contribution in [0.5, 0.6) is 0 Å². The molecule has 5 aromatic rings. The van der Waals surface area contributed by atoms with Gasteiger partial charge in [-0.3, -0.25) is 4.40 Å². The van der Waals surface area contributed by atoms with E-state index in [0.29, 0.717) is 22.7 Å². The van der Waals surface area contributed by atoms with Crippen molar-refractivity contribution in [3.05, 3.63) is 78.2 Å². The standard InChI is InChI=1S/C23H21FN6O/c1-29(2)13-15-3-5-16(6-4-15)18-11-25-23(30-14-27-28-22(18)30)26-12-19-17-9-10-31-21(17)8-7-20(19)24/h3-11,14H,12-13H2,1-2H3,(H,25,26). The van der Waals surface area contributed by atoms with Crippen LogP contribution in [0.1, 0.15) is 11.1 Å². The third-order valence-corrected chi connectivity index (χ3v) is 5.21. The Balaban J connectivity index is 1.45. The minimum Gasteiger partial charge on any atom is -0.464 e. The topological polar surface area (TPSA) is 71.5 Å². The molecule has 31 heavy (non-hydrogen) atoms. The number of hydrogen-bond donors (Lipinski definition) is 1. The first-order valence-corrected chi connectivity index (χ1v) is 9.91. The lowest BCUT2D eigenvalue weighted by Crippen LogP contribution is -2.10. The molecule has 0 atom stereocenters. The molecule has 3 heterocycles. The fraction of sp³-hybridized carbons (Fsp3) is 0.174. The molecular weight excluding hydrogens is 395 g/mol. The van der Waals surface area contributed by atoms with E-state index in [1.807, 2.05) is 14.1 Å². The zero-order valence-electron chi connectivity index (χ0n) is 17.2. The number of anilines is 1. The number of aromatic nitrogens is 4. The molecule has 0 aliphatic heterocycles. The Hall–Kier alpha value is -3.78. The van der Waals surface area contributed by atoms with Crippen LogP contribution < -0.4 is 5.32 Å². The van der Waals surface area contributed by atoms with Crippen molar-refractivity contribution < 1.29 is 8.81 Å². The number of fused-ring (bicyclic) bond motifs is 2. The van der Waals surface area contributed by atoms with Crippen molar-refractivity contribution in [2.45, 2.75) is 13.1 Å². The molecule has 8 heteroatoms. The third kappa shape index (κ3) is 3.62. The van der Waals surface area contributed by atoms with E-state index >= 15 is 0 Å². The summed E-state index contributed by atoms with van der Waals surface area (Å²) in [5.74, 6) is 0.240. The van der Waals surface area contributed by atoms with Crippen LogP contribution in [0, 0.1) is 5.82 Å². The summed E-state index contributed by atoms with van der Waals surface area (Å²) in [6.45, 7) is 1.13. The monoisotopic (exact) mass is 416 g/mol.